The third kappa shape index (κ3) is 6.17. The predicted molar refractivity (Wildman–Crippen MR) is 86.5 cm³/mol. The number of hydroxylamine groups is 2. The molecule has 0 radical (unpaired) electrons. The Morgan fingerprint density at radius 2 is 2.26 bits per heavy atom. The molecule has 1 amide bonds. The monoisotopic (exact) mass is 322 g/mol. The molecule has 0 aliphatic carbocycles. The first-order valence-electron chi connectivity index (χ1n) is 8.24. The number of piperidine rings is 1. The van der Waals surface area contributed by atoms with Crippen LogP contribution in [-0.2, 0) is 11.2 Å². The van der Waals surface area contributed by atoms with Crippen molar-refractivity contribution in [2.45, 2.75) is 38.1 Å². The van der Waals surface area contributed by atoms with Crippen LogP contribution >= 0.6 is 0 Å². The van der Waals surface area contributed by atoms with Crippen LogP contribution in [0.2, 0.25) is 0 Å². The summed E-state index contributed by atoms with van der Waals surface area (Å²) in [5.41, 5.74) is 1.15. The van der Waals surface area contributed by atoms with Gasteiger partial charge >= 0.3 is 0 Å². The zero-order valence-corrected chi connectivity index (χ0v) is 13.4. The molecule has 1 heterocycles. The predicted octanol–water partition coefficient (Wildman–Crippen LogP) is 1.35. The Balaban J connectivity index is 1.74. The van der Waals surface area contributed by atoms with E-state index < -0.39 is 6.61 Å². The van der Waals surface area contributed by atoms with Crippen LogP contribution in [0.15, 0.2) is 24.3 Å². The highest BCUT2D eigenvalue weighted by Crippen LogP contribution is 2.21. The Bertz CT molecular complexity index is 495. The van der Waals surface area contributed by atoms with Crippen molar-refractivity contribution in [3.05, 3.63) is 29.8 Å². The fourth-order valence-corrected chi connectivity index (χ4v) is 2.77. The molecule has 1 fully saturated rings. The number of carbonyl (C=O) groups is 1. The quantitative estimate of drug-likeness (QED) is 0.630. The molecular formula is C17H26N2O4. The van der Waals surface area contributed by atoms with E-state index in [1.807, 2.05) is 18.2 Å². The first-order chi connectivity index (χ1) is 11.2. The molecule has 1 saturated heterocycles. The molecular weight excluding hydrogens is 296 g/mol. The summed E-state index contributed by atoms with van der Waals surface area (Å²) >= 11 is 0. The molecule has 3 N–H and O–H groups in total. The number of ether oxygens (including phenoxy) is 1. The number of hydrogen-bond donors (Lipinski definition) is 3. The number of amides is 1. The zero-order valence-electron chi connectivity index (χ0n) is 13.4. The van der Waals surface area contributed by atoms with Crippen molar-refractivity contribution in [3.8, 4) is 5.75 Å². The minimum atomic E-state index is -0.480. The van der Waals surface area contributed by atoms with Crippen molar-refractivity contribution >= 4 is 5.91 Å². The molecule has 6 nitrogen and oxygen atoms in total. The Labute approximate surface area is 137 Å². The highest BCUT2D eigenvalue weighted by Gasteiger charge is 2.20. The lowest BCUT2D eigenvalue weighted by Gasteiger charge is -2.30. The fraction of sp³-hybridized carbons (Fsp3) is 0.588. The molecule has 1 unspecified atom stereocenters. The van der Waals surface area contributed by atoms with Gasteiger partial charge in [0.15, 0.2) is 0 Å². The average molecular weight is 322 g/mol. The van der Waals surface area contributed by atoms with Gasteiger partial charge < -0.3 is 20.4 Å². The van der Waals surface area contributed by atoms with Gasteiger partial charge in [-0.15, -0.1) is 0 Å². The lowest BCUT2D eigenvalue weighted by atomic mass is 9.97. The van der Waals surface area contributed by atoms with Crippen LogP contribution in [0.3, 0.4) is 0 Å². The second-order valence-electron chi connectivity index (χ2n) is 5.87. The van der Waals surface area contributed by atoms with Crippen LogP contribution in [0.5, 0.6) is 5.75 Å². The number of rotatable bonds is 8. The van der Waals surface area contributed by atoms with Crippen molar-refractivity contribution in [2.75, 3.05) is 26.3 Å². The molecule has 2 rings (SSSR count). The highest BCUT2D eigenvalue weighted by atomic mass is 16.5. The van der Waals surface area contributed by atoms with E-state index in [1.54, 1.807) is 0 Å². The Morgan fingerprint density at radius 1 is 1.39 bits per heavy atom. The van der Waals surface area contributed by atoms with Crippen molar-refractivity contribution < 1.29 is 19.8 Å². The minimum Gasteiger partial charge on any atom is -0.494 e. The maximum absolute atomic E-state index is 10.9. The van der Waals surface area contributed by atoms with Crippen molar-refractivity contribution in [1.82, 2.24) is 10.4 Å². The van der Waals surface area contributed by atoms with E-state index in [0.29, 0.717) is 19.6 Å². The SMILES string of the molecule is O=C(CO)NCCCOc1cccc(CC2CCCCN2O)c1. The lowest BCUT2D eigenvalue weighted by Crippen LogP contribution is -2.38. The van der Waals surface area contributed by atoms with E-state index in [0.717, 1.165) is 43.5 Å². The van der Waals surface area contributed by atoms with Crippen LogP contribution in [0.25, 0.3) is 0 Å². The van der Waals surface area contributed by atoms with Crippen LogP contribution in [0.4, 0.5) is 0 Å². The summed E-state index contributed by atoms with van der Waals surface area (Å²) in [6.45, 7) is 1.26. The van der Waals surface area contributed by atoms with E-state index in [2.05, 4.69) is 11.4 Å². The second-order valence-corrected chi connectivity index (χ2v) is 5.87. The molecule has 0 aromatic heterocycles. The number of nitrogens with zero attached hydrogens (tertiary/aromatic N) is 1. The average Bonchev–Trinajstić information content (AvgIpc) is 2.57. The first-order valence-corrected chi connectivity index (χ1v) is 8.24. The van der Waals surface area contributed by atoms with Crippen molar-refractivity contribution in [2.24, 2.45) is 0 Å². The topological polar surface area (TPSA) is 82.0 Å². The molecule has 6 heteroatoms. The van der Waals surface area contributed by atoms with Crippen molar-refractivity contribution in [1.29, 1.82) is 0 Å². The summed E-state index contributed by atoms with van der Waals surface area (Å²) in [6, 6.07) is 8.12. The number of aliphatic hydroxyl groups excluding tert-OH is 1. The van der Waals surface area contributed by atoms with E-state index in [4.69, 9.17) is 9.84 Å². The largest absolute Gasteiger partial charge is 0.494 e. The maximum atomic E-state index is 10.9. The molecule has 1 aromatic carbocycles. The summed E-state index contributed by atoms with van der Waals surface area (Å²) in [5.74, 6) is 0.435. The van der Waals surface area contributed by atoms with Gasteiger partial charge in [0.2, 0.25) is 5.91 Å². The van der Waals surface area contributed by atoms with E-state index >= 15 is 0 Å². The first kappa shape index (κ1) is 17.7. The molecule has 0 bridgehead atoms. The van der Waals surface area contributed by atoms with Gasteiger partial charge in [-0.2, -0.15) is 5.06 Å². The number of aliphatic hydroxyl groups is 1. The lowest BCUT2D eigenvalue weighted by molar-refractivity contribution is -0.141. The Morgan fingerprint density at radius 3 is 3.04 bits per heavy atom. The molecule has 1 aliphatic rings. The van der Waals surface area contributed by atoms with Gasteiger partial charge in [-0.1, -0.05) is 18.6 Å². The molecule has 1 atom stereocenters. The smallest absolute Gasteiger partial charge is 0.245 e. The fourth-order valence-electron chi connectivity index (χ4n) is 2.77. The van der Waals surface area contributed by atoms with Crippen LogP contribution in [0, 0.1) is 0 Å². The van der Waals surface area contributed by atoms with E-state index in [-0.39, 0.29) is 11.9 Å². The third-order valence-corrected chi connectivity index (χ3v) is 4.02. The summed E-state index contributed by atoms with van der Waals surface area (Å²) < 4.78 is 5.69. The van der Waals surface area contributed by atoms with Gasteiger partial charge in [-0.3, -0.25) is 4.79 Å². The highest BCUT2D eigenvalue weighted by molar-refractivity contribution is 5.76. The standard InChI is InChI=1S/C17H26N2O4/c20-13-17(21)18-8-4-10-23-16-7-3-5-14(12-16)11-15-6-1-2-9-19(15)22/h3,5,7,12,15,20,22H,1-2,4,6,8-11,13H2,(H,18,21). The number of benzene rings is 1. The minimum absolute atomic E-state index is 0.188. The van der Waals surface area contributed by atoms with Crippen LogP contribution in [0.1, 0.15) is 31.2 Å². The van der Waals surface area contributed by atoms with E-state index in [9.17, 15) is 10.0 Å². The summed E-state index contributed by atoms with van der Waals surface area (Å²) in [5, 5.41) is 22.5. The summed E-state index contributed by atoms with van der Waals surface area (Å²) in [4.78, 5) is 10.9. The Kier molecular flexibility index (Phi) is 7.32. The third-order valence-electron chi connectivity index (χ3n) is 4.02. The van der Waals surface area contributed by atoms with Crippen LogP contribution < -0.4 is 10.1 Å². The molecule has 0 saturated carbocycles. The Hall–Kier alpha value is -1.63. The molecule has 1 aliphatic heterocycles. The van der Waals surface area contributed by atoms with Gasteiger partial charge in [-0.05, 0) is 43.4 Å². The molecule has 23 heavy (non-hydrogen) atoms. The number of nitrogens with one attached hydrogen (secondary N) is 1. The van der Waals surface area contributed by atoms with E-state index in [1.165, 1.54) is 5.06 Å². The molecule has 128 valence electrons. The molecule has 1 aromatic rings. The maximum Gasteiger partial charge on any atom is 0.245 e. The van der Waals surface area contributed by atoms with Gasteiger partial charge in [-0.25, -0.2) is 0 Å². The van der Waals surface area contributed by atoms with Gasteiger partial charge in [0, 0.05) is 19.1 Å². The normalized spacial score (nSPS) is 18.6. The van der Waals surface area contributed by atoms with Crippen molar-refractivity contribution in [3.63, 3.8) is 0 Å². The summed E-state index contributed by atoms with van der Waals surface area (Å²) in [7, 11) is 0. The van der Waals surface area contributed by atoms with Crippen LogP contribution in [-0.4, -0.2) is 53.6 Å². The number of carbonyl (C=O) groups excluding carboxylic acids is 1. The zero-order chi connectivity index (χ0) is 16.5. The number of hydrogen-bond acceptors (Lipinski definition) is 5. The summed E-state index contributed by atoms with van der Waals surface area (Å²) in [6.07, 6.45) is 4.75. The second kappa shape index (κ2) is 9.50. The van der Waals surface area contributed by atoms with Gasteiger partial charge in [0.05, 0.1) is 6.61 Å². The molecule has 0 spiro atoms. The van der Waals surface area contributed by atoms with Gasteiger partial charge in [0.25, 0.3) is 0 Å². The van der Waals surface area contributed by atoms with Gasteiger partial charge in [0.1, 0.15) is 12.4 Å².